The molecule has 6 heteroatoms. The van der Waals surface area contributed by atoms with Crippen molar-refractivity contribution in [3.63, 3.8) is 0 Å². The third-order valence-corrected chi connectivity index (χ3v) is 6.07. The Kier molecular flexibility index (Phi) is 5.00. The highest BCUT2D eigenvalue weighted by molar-refractivity contribution is 5.98. The number of fused-ring (bicyclic) bond motifs is 2. The predicted molar refractivity (Wildman–Crippen MR) is 106 cm³/mol. The lowest BCUT2D eigenvalue weighted by Gasteiger charge is -2.38. The first-order valence-electron chi connectivity index (χ1n) is 10.1. The highest BCUT2D eigenvalue weighted by Crippen LogP contribution is 2.24. The molecule has 2 atom stereocenters. The van der Waals surface area contributed by atoms with Gasteiger partial charge in [-0.1, -0.05) is 13.3 Å². The Labute approximate surface area is 159 Å². The number of nitrogens with zero attached hydrogens (tertiary/aromatic N) is 3. The summed E-state index contributed by atoms with van der Waals surface area (Å²) in [4.78, 5) is 32.6. The molecule has 1 aromatic heterocycles. The first-order valence-corrected chi connectivity index (χ1v) is 10.1. The fourth-order valence-corrected chi connectivity index (χ4v) is 4.46. The summed E-state index contributed by atoms with van der Waals surface area (Å²) in [5, 5.41) is 0.597. The molecule has 0 aliphatic carbocycles. The van der Waals surface area contributed by atoms with E-state index in [1.54, 1.807) is 18.2 Å². The van der Waals surface area contributed by atoms with E-state index in [4.69, 9.17) is 10.7 Å². The summed E-state index contributed by atoms with van der Waals surface area (Å²) in [7, 11) is 0. The van der Waals surface area contributed by atoms with Crippen molar-refractivity contribution < 1.29 is 4.79 Å². The van der Waals surface area contributed by atoms with Gasteiger partial charge in [0, 0.05) is 37.7 Å². The zero-order chi connectivity index (χ0) is 19.0. The lowest BCUT2D eigenvalue weighted by molar-refractivity contribution is 0.0574. The van der Waals surface area contributed by atoms with E-state index in [0.717, 1.165) is 57.4 Å². The summed E-state index contributed by atoms with van der Waals surface area (Å²) in [5.41, 5.74) is 7.17. The van der Waals surface area contributed by atoms with Crippen LogP contribution in [0.3, 0.4) is 0 Å². The van der Waals surface area contributed by atoms with E-state index in [0.29, 0.717) is 28.9 Å². The molecule has 0 spiro atoms. The molecule has 2 aliphatic heterocycles. The number of rotatable bonds is 2. The minimum absolute atomic E-state index is 0.00362. The number of benzene rings is 1. The third kappa shape index (κ3) is 3.38. The Morgan fingerprint density at radius 1 is 1.26 bits per heavy atom. The number of nitrogens with two attached hydrogens (primary N) is 1. The number of carbonyl (C=O) groups excluding carboxylic acids is 1. The summed E-state index contributed by atoms with van der Waals surface area (Å²) in [6.45, 7) is 4.17. The van der Waals surface area contributed by atoms with Crippen molar-refractivity contribution in [2.75, 3.05) is 13.1 Å². The van der Waals surface area contributed by atoms with Gasteiger partial charge in [-0.05, 0) is 49.8 Å². The molecule has 0 bridgehead atoms. The van der Waals surface area contributed by atoms with Crippen LogP contribution in [0.4, 0.5) is 0 Å². The van der Waals surface area contributed by atoms with E-state index >= 15 is 0 Å². The number of piperidine rings is 1. The number of aryl methyl sites for hydroxylation is 1. The smallest absolute Gasteiger partial charge is 0.261 e. The van der Waals surface area contributed by atoms with Crippen LogP contribution in [0.5, 0.6) is 0 Å². The van der Waals surface area contributed by atoms with Crippen LogP contribution < -0.4 is 11.3 Å². The fourth-order valence-electron chi connectivity index (χ4n) is 4.46. The molecule has 144 valence electrons. The SMILES string of the molecule is CC1CCN(C(=O)c2ccc3c(=O)n4c(nc3c2)CCCCC4)C(CN)C1. The highest BCUT2D eigenvalue weighted by Gasteiger charge is 2.29. The lowest BCUT2D eigenvalue weighted by atomic mass is 9.92. The van der Waals surface area contributed by atoms with Crippen LogP contribution >= 0.6 is 0 Å². The van der Waals surface area contributed by atoms with Crippen molar-refractivity contribution in [1.29, 1.82) is 0 Å². The molecule has 1 aromatic carbocycles. The van der Waals surface area contributed by atoms with E-state index in [1.165, 1.54) is 0 Å². The van der Waals surface area contributed by atoms with Gasteiger partial charge in [-0.15, -0.1) is 0 Å². The average molecular weight is 368 g/mol. The van der Waals surface area contributed by atoms with Gasteiger partial charge in [0.25, 0.3) is 11.5 Å². The largest absolute Gasteiger partial charge is 0.334 e. The maximum Gasteiger partial charge on any atom is 0.261 e. The second-order valence-electron chi connectivity index (χ2n) is 8.05. The Morgan fingerprint density at radius 2 is 2.11 bits per heavy atom. The molecule has 1 saturated heterocycles. The molecule has 1 amide bonds. The molecule has 4 rings (SSSR count). The summed E-state index contributed by atoms with van der Waals surface area (Å²) in [6, 6.07) is 5.40. The minimum Gasteiger partial charge on any atom is -0.334 e. The Hall–Kier alpha value is -2.21. The molecule has 0 saturated carbocycles. The zero-order valence-electron chi connectivity index (χ0n) is 16.0. The molecule has 0 radical (unpaired) electrons. The molecule has 2 aromatic rings. The number of likely N-dealkylation sites (tertiary alicyclic amines) is 1. The van der Waals surface area contributed by atoms with Gasteiger partial charge in [0.05, 0.1) is 10.9 Å². The van der Waals surface area contributed by atoms with E-state index in [1.807, 2.05) is 9.47 Å². The minimum atomic E-state index is -0.00362. The fraction of sp³-hybridized carbons (Fsp3) is 0.571. The molecule has 3 heterocycles. The molecule has 2 N–H and O–H groups in total. The molecule has 1 fully saturated rings. The quantitative estimate of drug-likeness (QED) is 0.882. The number of carbonyl (C=O) groups is 1. The zero-order valence-corrected chi connectivity index (χ0v) is 16.0. The van der Waals surface area contributed by atoms with Crippen molar-refractivity contribution in [2.45, 2.75) is 58.0 Å². The summed E-state index contributed by atoms with van der Waals surface area (Å²) < 4.78 is 1.81. The van der Waals surface area contributed by atoms with E-state index in [2.05, 4.69) is 6.92 Å². The van der Waals surface area contributed by atoms with Gasteiger partial charge in [-0.3, -0.25) is 14.2 Å². The third-order valence-electron chi connectivity index (χ3n) is 6.07. The number of aromatic nitrogens is 2. The second-order valence-corrected chi connectivity index (χ2v) is 8.05. The van der Waals surface area contributed by atoms with Crippen molar-refractivity contribution in [1.82, 2.24) is 14.5 Å². The van der Waals surface area contributed by atoms with Crippen LogP contribution in [0.1, 0.15) is 55.2 Å². The number of amides is 1. The highest BCUT2D eigenvalue weighted by atomic mass is 16.2. The standard InChI is InChI=1S/C21H28N4O2/c1-14-8-10-24(16(11-14)13-22)20(26)15-6-7-17-18(12-15)23-19-5-3-2-4-9-25(19)21(17)27/h6-7,12,14,16H,2-5,8-11,13,22H2,1H3. The van der Waals surface area contributed by atoms with Crippen LogP contribution in [0.15, 0.2) is 23.0 Å². The predicted octanol–water partition coefficient (Wildman–Crippen LogP) is 2.32. The Balaban J connectivity index is 1.71. The van der Waals surface area contributed by atoms with Crippen molar-refractivity contribution in [2.24, 2.45) is 11.7 Å². The van der Waals surface area contributed by atoms with Gasteiger partial charge in [0.1, 0.15) is 5.82 Å². The first-order chi connectivity index (χ1) is 13.1. The molecule has 6 nitrogen and oxygen atoms in total. The normalized spacial score (nSPS) is 23.1. The van der Waals surface area contributed by atoms with Gasteiger partial charge >= 0.3 is 0 Å². The summed E-state index contributed by atoms with van der Waals surface area (Å²) in [6.07, 6.45) is 5.97. The topological polar surface area (TPSA) is 81.2 Å². The molecule has 2 aliphatic rings. The second kappa shape index (κ2) is 7.43. The number of hydrogen-bond donors (Lipinski definition) is 1. The summed E-state index contributed by atoms with van der Waals surface area (Å²) in [5.74, 6) is 1.44. The maximum absolute atomic E-state index is 13.1. The van der Waals surface area contributed by atoms with Crippen molar-refractivity contribution in [3.8, 4) is 0 Å². The Bertz CT molecular complexity index is 920. The first kappa shape index (κ1) is 18.2. The average Bonchev–Trinajstić information content (AvgIpc) is 2.92. The van der Waals surface area contributed by atoms with E-state index < -0.39 is 0 Å². The van der Waals surface area contributed by atoms with Gasteiger partial charge in [0.2, 0.25) is 0 Å². The van der Waals surface area contributed by atoms with Crippen molar-refractivity contribution in [3.05, 3.63) is 39.9 Å². The van der Waals surface area contributed by atoms with Gasteiger partial charge in [-0.2, -0.15) is 0 Å². The van der Waals surface area contributed by atoms with Crippen molar-refractivity contribution >= 4 is 16.8 Å². The lowest BCUT2D eigenvalue weighted by Crippen LogP contribution is -2.49. The molecular formula is C21H28N4O2. The van der Waals surface area contributed by atoms with E-state index in [-0.39, 0.29) is 17.5 Å². The van der Waals surface area contributed by atoms with Crippen LogP contribution in [-0.4, -0.2) is 39.5 Å². The summed E-state index contributed by atoms with van der Waals surface area (Å²) >= 11 is 0. The molecule has 2 unspecified atom stereocenters. The number of hydrogen-bond acceptors (Lipinski definition) is 4. The molecule has 27 heavy (non-hydrogen) atoms. The van der Waals surface area contributed by atoms with Gasteiger partial charge in [-0.25, -0.2) is 4.98 Å². The Morgan fingerprint density at radius 3 is 2.93 bits per heavy atom. The van der Waals surface area contributed by atoms with Crippen LogP contribution in [-0.2, 0) is 13.0 Å². The van der Waals surface area contributed by atoms with Crippen LogP contribution in [0.2, 0.25) is 0 Å². The van der Waals surface area contributed by atoms with Gasteiger partial charge in [0.15, 0.2) is 0 Å². The van der Waals surface area contributed by atoms with Crippen LogP contribution in [0, 0.1) is 5.92 Å². The maximum atomic E-state index is 13.1. The van der Waals surface area contributed by atoms with Crippen LogP contribution in [0.25, 0.3) is 10.9 Å². The molecular weight excluding hydrogens is 340 g/mol. The monoisotopic (exact) mass is 368 g/mol. The van der Waals surface area contributed by atoms with E-state index in [9.17, 15) is 9.59 Å². The van der Waals surface area contributed by atoms with Gasteiger partial charge < -0.3 is 10.6 Å².